The molecule has 0 N–H and O–H groups in total. The Labute approximate surface area is 152 Å². The van der Waals surface area contributed by atoms with E-state index >= 15 is 0 Å². The Bertz CT molecular complexity index is 600. The standard InChI is InChI=1S/C21H29O3Si/c1-6-25(7-2,8-3)19-13-11-18(12-14-19)21(22)24-23-20-15-16(4)9-10-17(20)5/h6-7,11-14,16-17H,1-2,8-10,15H2,3-5H3. The van der Waals surface area contributed by atoms with Gasteiger partial charge in [0.2, 0.25) is 0 Å². The summed E-state index contributed by atoms with van der Waals surface area (Å²) in [5.41, 5.74) is 4.55. The molecular formula is C21H29O3Si. The molecule has 1 aliphatic carbocycles. The van der Waals surface area contributed by atoms with Gasteiger partial charge in [-0.05, 0) is 42.9 Å². The largest absolute Gasteiger partial charge is 0.373 e. The molecule has 0 amide bonds. The van der Waals surface area contributed by atoms with Crippen molar-refractivity contribution in [2.45, 2.75) is 46.1 Å². The molecule has 2 atom stereocenters. The molecule has 0 aliphatic heterocycles. The van der Waals surface area contributed by atoms with Crippen LogP contribution in [0.5, 0.6) is 0 Å². The monoisotopic (exact) mass is 357 g/mol. The lowest BCUT2D eigenvalue weighted by Crippen LogP contribution is -2.43. The van der Waals surface area contributed by atoms with E-state index in [9.17, 15) is 4.79 Å². The Hall–Kier alpha value is -1.65. The summed E-state index contributed by atoms with van der Waals surface area (Å²) in [4.78, 5) is 22.7. The summed E-state index contributed by atoms with van der Waals surface area (Å²) in [6.07, 6.45) is 4.00. The van der Waals surface area contributed by atoms with Gasteiger partial charge in [0.05, 0.1) is 5.56 Å². The Morgan fingerprint density at radius 2 is 1.84 bits per heavy atom. The van der Waals surface area contributed by atoms with Crippen LogP contribution in [0.3, 0.4) is 0 Å². The number of carbonyl (C=O) groups excluding carboxylic acids is 1. The van der Waals surface area contributed by atoms with Gasteiger partial charge in [0.15, 0.2) is 6.10 Å². The summed E-state index contributed by atoms with van der Waals surface area (Å²) in [7, 11) is -1.87. The van der Waals surface area contributed by atoms with Crippen molar-refractivity contribution in [3.8, 4) is 0 Å². The molecule has 1 saturated carbocycles. The molecule has 3 nitrogen and oxygen atoms in total. The van der Waals surface area contributed by atoms with Gasteiger partial charge < -0.3 is 0 Å². The van der Waals surface area contributed by atoms with Crippen LogP contribution >= 0.6 is 0 Å². The van der Waals surface area contributed by atoms with Gasteiger partial charge in [-0.1, -0.05) is 55.9 Å². The first kappa shape index (κ1) is 19.7. The van der Waals surface area contributed by atoms with Crippen LogP contribution in [0.15, 0.2) is 48.8 Å². The molecular weight excluding hydrogens is 328 g/mol. The minimum atomic E-state index is -1.87. The summed E-state index contributed by atoms with van der Waals surface area (Å²) < 4.78 is 0. The van der Waals surface area contributed by atoms with Crippen molar-refractivity contribution in [3.05, 3.63) is 60.5 Å². The van der Waals surface area contributed by atoms with Gasteiger partial charge >= 0.3 is 5.97 Å². The number of carbonyl (C=O) groups is 1. The SMILES string of the molecule is C=C[Si](C=C)(CC)c1ccc(C(=O)OO[C]2CC(C)CCC2C)cc1. The lowest BCUT2D eigenvalue weighted by Gasteiger charge is -2.29. The van der Waals surface area contributed by atoms with E-state index in [0.717, 1.165) is 25.0 Å². The molecule has 0 aromatic heterocycles. The third-order valence-electron chi connectivity index (χ3n) is 5.39. The van der Waals surface area contributed by atoms with Crippen LogP contribution in [-0.4, -0.2) is 14.0 Å². The highest BCUT2D eigenvalue weighted by Crippen LogP contribution is 2.35. The Kier molecular flexibility index (Phi) is 6.79. The van der Waals surface area contributed by atoms with Crippen LogP contribution < -0.4 is 5.19 Å². The lowest BCUT2D eigenvalue weighted by atomic mass is 9.82. The molecule has 1 aromatic carbocycles. The molecule has 1 aliphatic rings. The van der Waals surface area contributed by atoms with Crippen molar-refractivity contribution in [1.29, 1.82) is 0 Å². The van der Waals surface area contributed by atoms with Gasteiger partial charge in [-0.2, -0.15) is 4.89 Å². The summed E-state index contributed by atoms with van der Waals surface area (Å²) in [5.74, 6) is 0.460. The quantitative estimate of drug-likeness (QED) is 0.396. The maximum Gasteiger partial charge on any atom is 0.373 e. The second kappa shape index (κ2) is 8.63. The van der Waals surface area contributed by atoms with E-state index in [1.165, 1.54) is 11.6 Å². The molecule has 0 spiro atoms. The lowest BCUT2D eigenvalue weighted by molar-refractivity contribution is -0.248. The molecule has 1 aromatic rings. The van der Waals surface area contributed by atoms with E-state index in [1.54, 1.807) is 12.1 Å². The first-order valence-corrected chi connectivity index (χ1v) is 11.4. The number of benzene rings is 1. The van der Waals surface area contributed by atoms with Crippen LogP contribution in [0.2, 0.25) is 6.04 Å². The first-order chi connectivity index (χ1) is 12.0. The normalized spacial score (nSPS) is 21.6. The summed E-state index contributed by atoms with van der Waals surface area (Å²) in [6, 6.07) is 8.55. The zero-order chi connectivity index (χ0) is 18.4. The van der Waals surface area contributed by atoms with E-state index in [2.05, 4.69) is 33.9 Å². The zero-order valence-corrected chi connectivity index (χ0v) is 16.6. The Morgan fingerprint density at radius 3 is 2.40 bits per heavy atom. The van der Waals surface area contributed by atoms with E-state index in [-0.39, 0.29) is 0 Å². The highest BCUT2D eigenvalue weighted by atomic mass is 28.3. The third kappa shape index (κ3) is 4.50. The van der Waals surface area contributed by atoms with Gasteiger partial charge in [0.25, 0.3) is 0 Å². The molecule has 135 valence electrons. The minimum Gasteiger partial charge on any atom is -0.292 e. The minimum absolute atomic E-state index is 0.336. The summed E-state index contributed by atoms with van der Waals surface area (Å²) in [6.45, 7) is 14.4. The summed E-state index contributed by atoms with van der Waals surface area (Å²) in [5, 5.41) is 1.20. The fourth-order valence-electron chi connectivity index (χ4n) is 3.33. The van der Waals surface area contributed by atoms with Gasteiger partial charge in [0, 0.05) is 0 Å². The van der Waals surface area contributed by atoms with Crippen LogP contribution in [0.4, 0.5) is 0 Å². The molecule has 4 heteroatoms. The van der Waals surface area contributed by atoms with Crippen molar-refractivity contribution >= 4 is 19.2 Å². The van der Waals surface area contributed by atoms with Crippen molar-refractivity contribution in [1.82, 2.24) is 0 Å². The average Bonchev–Trinajstić information content (AvgIpc) is 2.64. The molecule has 25 heavy (non-hydrogen) atoms. The zero-order valence-electron chi connectivity index (χ0n) is 15.6. The van der Waals surface area contributed by atoms with Gasteiger partial charge in [-0.3, -0.25) is 4.89 Å². The number of hydrogen-bond acceptors (Lipinski definition) is 3. The second-order valence-electron chi connectivity index (χ2n) is 7.09. The van der Waals surface area contributed by atoms with Crippen molar-refractivity contribution < 1.29 is 14.6 Å². The first-order valence-electron chi connectivity index (χ1n) is 9.08. The topological polar surface area (TPSA) is 35.5 Å². The van der Waals surface area contributed by atoms with Crippen LogP contribution in [0.25, 0.3) is 0 Å². The summed E-state index contributed by atoms with van der Waals surface area (Å²) >= 11 is 0. The Balaban J connectivity index is 2.00. The maximum atomic E-state index is 12.3. The van der Waals surface area contributed by atoms with Gasteiger partial charge in [0.1, 0.15) is 8.07 Å². The smallest absolute Gasteiger partial charge is 0.292 e. The highest BCUT2D eigenvalue weighted by molar-refractivity contribution is 6.99. The molecule has 2 rings (SSSR count). The van der Waals surface area contributed by atoms with E-state index in [4.69, 9.17) is 9.78 Å². The fraction of sp³-hybridized carbons (Fsp3) is 0.429. The van der Waals surface area contributed by atoms with E-state index < -0.39 is 14.0 Å². The third-order valence-corrected chi connectivity index (χ3v) is 9.42. The van der Waals surface area contributed by atoms with Crippen molar-refractivity contribution in [2.24, 2.45) is 11.8 Å². The Morgan fingerprint density at radius 1 is 1.20 bits per heavy atom. The van der Waals surface area contributed by atoms with Crippen LogP contribution in [-0.2, 0) is 9.78 Å². The predicted molar refractivity (Wildman–Crippen MR) is 105 cm³/mol. The van der Waals surface area contributed by atoms with Gasteiger partial charge in [-0.15, -0.1) is 13.2 Å². The predicted octanol–water partition coefficient (Wildman–Crippen LogP) is 4.89. The van der Waals surface area contributed by atoms with Gasteiger partial charge in [-0.25, -0.2) is 4.79 Å². The van der Waals surface area contributed by atoms with Crippen LogP contribution in [0.1, 0.15) is 50.4 Å². The molecule has 0 heterocycles. The average molecular weight is 358 g/mol. The van der Waals surface area contributed by atoms with E-state index in [0.29, 0.717) is 17.4 Å². The molecule has 0 saturated heterocycles. The number of hydrogen-bond donors (Lipinski definition) is 0. The maximum absolute atomic E-state index is 12.3. The molecule has 0 bridgehead atoms. The van der Waals surface area contributed by atoms with Crippen LogP contribution in [0, 0.1) is 17.9 Å². The van der Waals surface area contributed by atoms with Crippen molar-refractivity contribution in [2.75, 3.05) is 0 Å². The fourth-order valence-corrected chi connectivity index (χ4v) is 5.74. The van der Waals surface area contributed by atoms with E-state index in [1.807, 2.05) is 23.5 Å². The molecule has 2 unspecified atom stereocenters. The molecule has 1 fully saturated rings. The molecule has 1 radical (unpaired) electrons. The second-order valence-corrected chi connectivity index (χ2v) is 11.3. The highest BCUT2D eigenvalue weighted by Gasteiger charge is 2.30. The van der Waals surface area contributed by atoms with Crippen molar-refractivity contribution in [3.63, 3.8) is 0 Å². The number of rotatable bonds is 7.